The molecule has 0 aromatic heterocycles. The van der Waals surface area contributed by atoms with Crippen molar-refractivity contribution >= 4 is 0 Å². The lowest BCUT2D eigenvalue weighted by molar-refractivity contribution is -0.158. The first-order chi connectivity index (χ1) is 5.72. The van der Waals surface area contributed by atoms with Gasteiger partial charge in [-0.05, 0) is 19.4 Å². The lowest BCUT2D eigenvalue weighted by Crippen LogP contribution is -2.25. The number of hydrogen-bond donors (Lipinski definition) is 0. The molecule has 0 aromatic carbocycles. The third-order valence-corrected chi connectivity index (χ3v) is 2.06. The van der Waals surface area contributed by atoms with Gasteiger partial charge >= 0.3 is 6.61 Å². The molecule has 0 saturated carbocycles. The lowest BCUT2D eigenvalue weighted by atomic mass is 10.3. The Morgan fingerprint density at radius 3 is 2.92 bits per heavy atom. The third-order valence-electron chi connectivity index (χ3n) is 2.06. The first kappa shape index (κ1) is 9.86. The molecule has 0 N–H and O–H groups in total. The minimum atomic E-state index is -2.61. The number of halogens is 2. The molecule has 0 amide bonds. The monoisotopic (exact) mass is 179 g/mol. The van der Waals surface area contributed by atoms with Crippen molar-refractivity contribution in [2.24, 2.45) is 0 Å². The molecule has 1 atom stereocenters. The molecular formula is C8H15F2NO. The van der Waals surface area contributed by atoms with Gasteiger partial charge in [-0.1, -0.05) is 6.92 Å². The summed E-state index contributed by atoms with van der Waals surface area (Å²) in [5, 5.41) is 0. The zero-order chi connectivity index (χ0) is 8.97. The van der Waals surface area contributed by atoms with Gasteiger partial charge in [-0.2, -0.15) is 8.78 Å². The summed E-state index contributed by atoms with van der Waals surface area (Å²) in [5.74, 6) is 0. The predicted octanol–water partition coefficient (Wildman–Crippen LogP) is 1.71. The fraction of sp³-hybridized carbons (Fsp3) is 1.00. The summed E-state index contributed by atoms with van der Waals surface area (Å²) < 4.78 is 27.9. The van der Waals surface area contributed by atoms with Crippen molar-refractivity contribution in [1.29, 1.82) is 0 Å². The Bertz CT molecular complexity index is 132. The maximum Gasteiger partial charge on any atom is 0.345 e. The molecule has 72 valence electrons. The summed E-state index contributed by atoms with van der Waals surface area (Å²) >= 11 is 0. The van der Waals surface area contributed by atoms with E-state index in [1.54, 1.807) is 0 Å². The highest BCUT2D eigenvalue weighted by molar-refractivity contribution is 4.75. The fourth-order valence-corrected chi connectivity index (χ4v) is 1.57. The molecule has 0 bridgehead atoms. The summed E-state index contributed by atoms with van der Waals surface area (Å²) in [6.45, 7) is 2.02. The second-order valence-corrected chi connectivity index (χ2v) is 3.11. The molecule has 0 radical (unpaired) electrons. The van der Waals surface area contributed by atoms with E-state index >= 15 is 0 Å². The molecule has 0 unspecified atom stereocenters. The minimum Gasteiger partial charge on any atom is -0.318 e. The van der Waals surface area contributed by atoms with E-state index in [0.717, 1.165) is 25.9 Å². The smallest absolute Gasteiger partial charge is 0.318 e. The number of ether oxygens (including phenoxy) is 1. The van der Waals surface area contributed by atoms with Crippen molar-refractivity contribution in [3.8, 4) is 0 Å². The predicted molar refractivity (Wildman–Crippen MR) is 42.2 cm³/mol. The average Bonchev–Trinajstić information content (AvgIpc) is 2.36. The van der Waals surface area contributed by atoms with Crippen molar-refractivity contribution in [2.75, 3.05) is 19.6 Å². The summed E-state index contributed by atoms with van der Waals surface area (Å²) in [7, 11) is 0. The van der Waals surface area contributed by atoms with Crippen molar-refractivity contribution in [2.45, 2.75) is 32.5 Å². The van der Waals surface area contributed by atoms with Crippen molar-refractivity contribution in [3.05, 3.63) is 0 Å². The van der Waals surface area contributed by atoms with Crippen LogP contribution in [0.1, 0.15) is 19.8 Å². The Labute approximate surface area is 71.5 Å². The normalized spacial score (nSPS) is 25.5. The van der Waals surface area contributed by atoms with Gasteiger partial charge in [-0.15, -0.1) is 0 Å². The lowest BCUT2D eigenvalue weighted by Gasteiger charge is -2.14. The molecule has 2 nitrogen and oxygen atoms in total. The Morgan fingerprint density at radius 2 is 2.33 bits per heavy atom. The van der Waals surface area contributed by atoms with Gasteiger partial charge in [-0.25, -0.2) is 0 Å². The Kier molecular flexibility index (Phi) is 3.88. The van der Waals surface area contributed by atoms with Gasteiger partial charge in [0.2, 0.25) is 0 Å². The SMILES string of the molecule is CCCN1CC[C@H](OC(F)F)C1. The standard InChI is InChI=1S/C8H15F2NO/c1-2-4-11-5-3-7(6-11)12-8(9)10/h7-8H,2-6H2,1H3/t7-/m0/s1. The Balaban J connectivity index is 2.16. The van der Waals surface area contributed by atoms with Gasteiger partial charge in [0.1, 0.15) is 0 Å². The highest BCUT2D eigenvalue weighted by atomic mass is 19.3. The van der Waals surface area contributed by atoms with Crippen LogP contribution in [-0.4, -0.2) is 37.2 Å². The number of nitrogens with zero attached hydrogens (tertiary/aromatic N) is 1. The molecule has 1 rings (SSSR count). The highest BCUT2D eigenvalue weighted by Gasteiger charge is 2.24. The van der Waals surface area contributed by atoms with Gasteiger partial charge in [0.25, 0.3) is 0 Å². The fourth-order valence-electron chi connectivity index (χ4n) is 1.57. The van der Waals surface area contributed by atoms with Crippen molar-refractivity contribution < 1.29 is 13.5 Å². The van der Waals surface area contributed by atoms with Crippen LogP contribution < -0.4 is 0 Å². The summed E-state index contributed by atoms with van der Waals surface area (Å²) in [6.07, 6.45) is 1.56. The topological polar surface area (TPSA) is 12.5 Å². The van der Waals surface area contributed by atoms with Crippen LogP contribution in [0.25, 0.3) is 0 Å². The van der Waals surface area contributed by atoms with Gasteiger partial charge in [-0.3, -0.25) is 0 Å². The summed E-state index contributed by atoms with van der Waals surface area (Å²) in [4.78, 5) is 2.16. The average molecular weight is 179 g/mol. The molecular weight excluding hydrogens is 164 g/mol. The number of rotatable bonds is 4. The molecule has 0 aromatic rings. The Hall–Kier alpha value is -0.220. The molecule has 4 heteroatoms. The molecule has 1 heterocycles. The third kappa shape index (κ3) is 3.03. The molecule has 1 fully saturated rings. The second kappa shape index (κ2) is 4.72. The van der Waals surface area contributed by atoms with Crippen LogP contribution in [0.3, 0.4) is 0 Å². The molecule has 0 aliphatic carbocycles. The van der Waals surface area contributed by atoms with Crippen LogP contribution in [0, 0.1) is 0 Å². The molecule has 12 heavy (non-hydrogen) atoms. The van der Waals surface area contributed by atoms with Gasteiger partial charge in [0.15, 0.2) is 0 Å². The van der Waals surface area contributed by atoms with Crippen LogP contribution in [0.2, 0.25) is 0 Å². The van der Waals surface area contributed by atoms with E-state index in [4.69, 9.17) is 0 Å². The molecule has 1 saturated heterocycles. The maximum absolute atomic E-state index is 11.8. The number of hydrogen-bond acceptors (Lipinski definition) is 2. The first-order valence-corrected chi connectivity index (χ1v) is 4.38. The Morgan fingerprint density at radius 1 is 1.58 bits per heavy atom. The quantitative estimate of drug-likeness (QED) is 0.651. The van der Waals surface area contributed by atoms with Gasteiger partial charge in [0, 0.05) is 13.1 Å². The van der Waals surface area contributed by atoms with E-state index < -0.39 is 6.61 Å². The largest absolute Gasteiger partial charge is 0.345 e. The van der Waals surface area contributed by atoms with E-state index in [1.165, 1.54) is 0 Å². The van der Waals surface area contributed by atoms with Crippen LogP contribution in [0.15, 0.2) is 0 Å². The summed E-state index contributed by atoms with van der Waals surface area (Å²) in [5.41, 5.74) is 0. The van der Waals surface area contributed by atoms with Crippen molar-refractivity contribution in [1.82, 2.24) is 4.90 Å². The van der Waals surface area contributed by atoms with Crippen LogP contribution in [0.4, 0.5) is 8.78 Å². The molecule has 1 aliphatic heterocycles. The van der Waals surface area contributed by atoms with Crippen LogP contribution in [0.5, 0.6) is 0 Å². The zero-order valence-electron chi connectivity index (χ0n) is 7.30. The zero-order valence-corrected chi connectivity index (χ0v) is 7.30. The maximum atomic E-state index is 11.8. The van der Waals surface area contributed by atoms with Gasteiger partial charge in [0.05, 0.1) is 6.10 Å². The van der Waals surface area contributed by atoms with Gasteiger partial charge < -0.3 is 9.64 Å². The number of alkyl halides is 2. The minimum absolute atomic E-state index is 0.253. The second-order valence-electron chi connectivity index (χ2n) is 3.11. The molecule has 1 aliphatic rings. The first-order valence-electron chi connectivity index (χ1n) is 4.38. The van der Waals surface area contributed by atoms with Crippen LogP contribution in [-0.2, 0) is 4.74 Å². The van der Waals surface area contributed by atoms with E-state index in [0.29, 0.717) is 6.54 Å². The van der Waals surface area contributed by atoms with E-state index in [2.05, 4.69) is 16.6 Å². The van der Waals surface area contributed by atoms with E-state index in [1.807, 2.05) is 0 Å². The molecule has 0 spiro atoms. The van der Waals surface area contributed by atoms with E-state index in [9.17, 15) is 8.78 Å². The van der Waals surface area contributed by atoms with E-state index in [-0.39, 0.29) is 6.10 Å². The number of likely N-dealkylation sites (tertiary alicyclic amines) is 1. The van der Waals surface area contributed by atoms with Crippen LogP contribution >= 0.6 is 0 Å². The summed E-state index contributed by atoms with van der Waals surface area (Å²) in [6, 6.07) is 0. The van der Waals surface area contributed by atoms with Crippen molar-refractivity contribution in [3.63, 3.8) is 0 Å². The highest BCUT2D eigenvalue weighted by Crippen LogP contribution is 2.15.